The number of aryl methyl sites for hydroxylation is 1. The summed E-state index contributed by atoms with van der Waals surface area (Å²) < 4.78 is 1.65. The minimum atomic E-state index is -0.0828. The Kier molecular flexibility index (Phi) is 3.28. The highest BCUT2D eigenvalue weighted by Crippen LogP contribution is 2.17. The van der Waals surface area contributed by atoms with Crippen LogP contribution in [-0.4, -0.2) is 9.55 Å². The van der Waals surface area contributed by atoms with Crippen molar-refractivity contribution < 1.29 is 0 Å². The summed E-state index contributed by atoms with van der Waals surface area (Å²) in [6.07, 6.45) is 0.683. The zero-order valence-corrected chi connectivity index (χ0v) is 11.8. The minimum Gasteiger partial charge on any atom is -0.268 e. The second-order valence-electron chi connectivity index (χ2n) is 4.52. The molecule has 0 spiro atoms. The lowest BCUT2D eigenvalue weighted by molar-refractivity contribution is 0.833. The van der Waals surface area contributed by atoms with Crippen molar-refractivity contribution in [3.8, 4) is 5.69 Å². The van der Waals surface area contributed by atoms with E-state index in [0.717, 1.165) is 11.5 Å². The van der Waals surface area contributed by atoms with Crippen molar-refractivity contribution in [1.29, 1.82) is 0 Å². The number of halogens is 1. The van der Waals surface area contributed by atoms with E-state index in [1.807, 2.05) is 37.3 Å². The summed E-state index contributed by atoms with van der Waals surface area (Å²) in [6.45, 7) is 1.99. The van der Waals surface area contributed by atoms with Crippen molar-refractivity contribution in [2.24, 2.45) is 0 Å². The second-order valence-corrected chi connectivity index (χ2v) is 4.96. The highest BCUT2D eigenvalue weighted by Gasteiger charge is 2.11. The molecule has 0 atom stereocenters. The lowest BCUT2D eigenvalue weighted by Gasteiger charge is -2.12. The van der Waals surface area contributed by atoms with Crippen LogP contribution in [0.15, 0.2) is 53.3 Å². The van der Waals surface area contributed by atoms with Crippen molar-refractivity contribution in [3.05, 3.63) is 69.7 Å². The number of hydrogen-bond acceptors (Lipinski definition) is 2. The maximum atomic E-state index is 12.7. The Morgan fingerprint density at radius 2 is 1.90 bits per heavy atom. The number of benzene rings is 2. The van der Waals surface area contributed by atoms with Gasteiger partial charge in [0.2, 0.25) is 0 Å². The number of rotatable bonds is 2. The van der Waals surface area contributed by atoms with Gasteiger partial charge in [0.25, 0.3) is 5.56 Å². The highest BCUT2D eigenvalue weighted by molar-refractivity contribution is 6.31. The molecule has 0 fully saturated rings. The summed E-state index contributed by atoms with van der Waals surface area (Å²) in [5.74, 6) is 0.746. The van der Waals surface area contributed by atoms with Gasteiger partial charge in [0, 0.05) is 11.4 Å². The van der Waals surface area contributed by atoms with E-state index < -0.39 is 0 Å². The topological polar surface area (TPSA) is 34.9 Å². The van der Waals surface area contributed by atoms with Gasteiger partial charge in [0.15, 0.2) is 0 Å². The normalized spacial score (nSPS) is 10.9. The van der Waals surface area contributed by atoms with E-state index in [-0.39, 0.29) is 5.56 Å². The third-order valence-corrected chi connectivity index (χ3v) is 3.47. The van der Waals surface area contributed by atoms with Crippen molar-refractivity contribution in [2.75, 3.05) is 0 Å². The molecule has 0 saturated heterocycles. The van der Waals surface area contributed by atoms with Crippen molar-refractivity contribution in [3.63, 3.8) is 0 Å². The van der Waals surface area contributed by atoms with Crippen LogP contribution in [0.25, 0.3) is 16.6 Å². The Hall–Kier alpha value is -2.13. The van der Waals surface area contributed by atoms with Crippen molar-refractivity contribution in [1.82, 2.24) is 9.55 Å². The van der Waals surface area contributed by atoms with E-state index in [2.05, 4.69) is 4.98 Å². The first kappa shape index (κ1) is 12.9. The van der Waals surface area contributed by atoms with E-state index in [0.29, 0.717) is 22.3 Å². The molecule has 0 aliphatic rings. The predicted molar refractivity (Wildman–Crippen MR) is 81.7 cm³/mol. The Balaban J connectivity index is 2.41. The van der Waals surface area contributed by atoms with Gasteiger partial charge in [-0.25, -0.2) is 4.98 Å². The third-order valence-electron chi connectivity index (χ3n) is 3.23. The maximum Gasteiger partial charge on any atom is 0.266 e. The first-order chi connectivity index (χ1) is 9.70. The van der Waals surface area contributed by atoms with Crippen LogP contribution in [-0.2, 0) is 6.42 Å². The maximum absolute atomic E-state index is 12.7. The molecule has 0 amide bonds. The lowest BCUT2D eigenvalue weighted by atomic mass is 10.2. The van der Waals surface area contributed by atoms with Crippen LogP contribution in [0.1, 0.15) is 12.7 Å². The van der Waals surface area contributed by atoms with Gasteiger partial charge in [0.1, 0.15) is 5.82 Å². The van der Waals surface area contributed by atoms with E-state index >= 15 is 0 Å². The Bertz CT molecular complexity index is 825. The molecule has 0 aliphatic carbocycles. The molecular weight excluding hydrogens is 272 g/mol. The van der Waals surface area contributed by atoms with E-state index in [4.69, 9.17) is 11.6 Å². The number of nitrogens with zero attached hydrogens (tertiary/aromatic N) is 2. The van der Waals surface area contributed by atoms with E-state index in [9.17, 15) is 4.79 Å². The zero-order chi connectivity index (χ0) is 14.1. The molecule has 2 aromatic carbocycles. The lowest BCUT2D eigenvalue weighted by Crippen LogP contribution is -2.23. The molecule has 0 unspecified atom stereocenters. The Morgan fingerprint density at radius 3 is 2.60 bits per heavy atom. The molecule has 0 bridgehead atoms. The van der Waals surface area contributed by atoms with Gasteiger partial charge >= 0.3 is 0 Å². The summed E-state index contributed by atoms with van der Waals surface area (Å²) in [5.41, 5.74) is 1.42. The van der Waals surface area contributed by atoms with Crippen LogP contribution in [0, 0.1) is 0 Å². The average Bonchev–Trinajstić information content (AvgIpc) is 2.48. The fourth-order valence-electron chi connectivity index (χ4n) is 2.28. The molecule has 0 saturated carbocycles. The van der Waals surface area contributed by atoms with E-state index in [1.165, 1.54) is 0 Å². The van der Waals surface area contributed by atoms with Crippen LogP contribution < -0.4 is 5.56 Å². The summed E-state index contributed by atoms with van der Waals surface area (Å²) in [6, 6.07) is 14.7. The fraction of sp³-hybridized carbons (Fsp3) is 0.125. The molecule has 100 valence electrons. The van der Waals surface area contributed by atoms with Crippen LogP contribution in [0.5, 0.6) is 0 Å². The Labute approximate surface area is 121 Å². The summed E-state index contributed by atoms with van der Waals surface area (Å²) in [5, 5.41) is 1.08. The molecular formula is C16H13ClN2O. The number of aromatic nitrogens is 2. The number of hydrogen-bond donors (Lipinski definition) is 0. The fourth-order valence-corrected chi connectivity index (χ4v) is 2.46. The van der Waals surface area contributed by atoms with Crippen LogP contribution in [0.2, 0.25) is 5.02 Å². The third kappa shape index (κ3) is 2.10. The monoisotopic (exact) mass is 284 g/mol. The molecule has 1 aromatic heterocycles. The molecule has 3 rings (SSSR count). The van der Waals surface area contributed by atoms with Gasteiger partial charge in [-0.1, -0.05) is 36.7 Å². The van der Waals surface area contributed by atoms with E-state index in [1.54, 1.807) is 22.8 Å². The first-order valence-corrected chi connectivity index (χ1v) is 6.85. The second kappa shape index (κ2) is 5.10. The molecule has 20 heavy (non-hydrogen) atoms. The summed E-state index contributed by atoms with van der Waals surface area (Å²) in [7, 11) is 0. The SMILES string of the molecule is CCc1nc2ccc(Cl)cc2c(=O)n1-c1ccccc1. The van der Waals surface area contributed by atoms with Gasteiger partial charge in [0.05, 0.1) is 16.6 Å². The standard InChI is InChI=1S/C16H13ClN2O/c1-2-15-18-14-9-8-11(17)10-13(14)16(20)19(15)12-6-4-3-5-7-12/h3-10H,2H2,1H3. The first-order valence-electron chi connectivity index (χ1n) is 6.47. The van der Waals surface area contributed by atoms with Crippen LogP contribution in [0.3, 0.4) is 0 Å². The average molecular weight is 285 g/mol. The number of para-hydroxylation sites is 1. The molecule has 4 heteroatoms. The van der Waals surface area contributed by atoms with Crippen LogP contribution >= 0.6 is 11.6 Å². The van der Waals surface area contributed by atoms with Gasteiger partial charge in [-0.05, 0) is 30.3 Å². The molecule has 0 N–H and O–H groups in total. The predicted octanol–water partition coefficient (Wildman–Crippen LogP) is 3.60. The van der Waals surface area contributed by atoms with Gasteiger partial charge in [-0.2, -0.15) is 0 Å². The summed E-state index contributed by atoms with van der Waals surface area (Å²) >= 11 is 5.99. The molecule has 3 aromatic rings. The van der Waals surface area contributed by atoms with Crippen molar-refractivity contribution in [2.45, 2.75) is 13.3 Å². The zero-order valence-electron chi connectivity index (χ0n) is 11.0. The molecule has 0 radical (unpaired) electrons. The quantitative estimate of drug-likeness (QED) is 0.721. The van der Waals surface area contributed by atoms with Gasteiger partial charge < -0.3 is 0 Å². The van der Waals surface area contributed by atoms with Crippen LogP contribution in [0.4, 0.5) is 0 Å². The molecule has 0 aliphatic heterocycles. The number of fused-ring (bicyclic) bond motifs is 1. The minimum absolute atomic E-state index is 0.0828. The van der Waals surface area contributed by atoms with Crippen molar-refractivity contribution >= 4 is 22.5 Å². The van der Waals surface area contributed by atoms with Gasteiger partial charge in [-0.3, -0.25) is 9.36 Å². The largest absolute Gasteiger partial charge is 0.268 e. The molecule has 1 heterocycles. The Morgan fingerprint density at radius 1 is 1.15 bits per heavy atom. The van der Waals surface area contributed by atoms with Gasteiger partial charge in [-0.15, -0.1) is 0 Å². The molecule has 3 nitrogen and oxygen atoms in total. The summed E-state index contributed by atoms with van der Waals surface area (Å²) in [4.78, 5) is 17.3. The smallest absolute Gasteiger partial charge is 0.266 e. The highest BCUT2D eigenvalue weighted by atomic mass is 35.5.